The molecule has 0 radical (unpaired) electrons. The van der Waals surface area contributed by atoms with Gasteiger partial charge in [-0.3, -0.25) is 0 Å². The van der Waals surface area contributed by atoms with Crippen molar-refractivity contribution in [3.05, 3.63) is 53.0 Å². The Morgan fingerprint density at radius 2 is 2.03 bits per heavy atom. The molecule has 1 saturated carbocycles. The van der Waals surface area contributed by atoms with E-state index in [2.05, 4.69) is 25.8 Å². The molecule has 2 unspecified atom stereocenters. The Labute approximate surface area is 174 Å². The number of carbonyl (C=O) groups excluding carboxylic acids is 1. The van der Waals surface area contributed by atoms with Crippen LogP contribution in [0.3, 0.4) is 0 Å². The molecule has 1 fully saturated rings. The van der Waals surface area contributed by atoms with Crippen molar-refractivity contribution in [2.24, 2.45) is 7.05 Å². The number of anilines is 1. The average Bonchev–Trinajstić information content (AvgIpc) is 3.04. The second kappa shape index (κ2) is 7.23. The van der Waals surface area contributed by atoms with Crippen molar-refractivity contribution in [3.63, 3.8) is 0 Å². The van der Waals surface area contributed by atoms with Crippen LogP contribution in [-0.2, 0) is 18.9 Å². The fourth-order valence-electron chi connectivity index (χ4n) is 4.01. The highest BCUT2D eigenvalue weighted by Crippen LogP contribution is 2.48. The smallest absolute Gasteiger partial charge is 0.319 e. The van der Waals surface area contributed by atoms with E-state index < -0.39 is 5.41 Å². The molecule has 2 atom stereocenters. The quantitative estimate of drug-likeness (QED) is 0.675. The van der Waals surface area contributed by atoms with Crippen LogP contribution < -0.4 is 10.6 Å². The van der Waals surface area contributed by atoms with Gasteiger partial charge in [-0.05, 0) is 38.3 Å². The Morgan fingerprint density at radius 1 is 1.30 bits per heavy atom. The van der Waals surface area contributed by atoms with E-state index in [4.69, 9.17) is 0 Å². The number of aromatic nitrogens is 5. The van der Waals surface area contributed by atoms with Crippen molar-refractivity contribution in [1.82, 2.24) is 29.9 Å². The van der Waals surface area contributed by atoms with Crippen LogP contribution in [0.15, 0.2) is 24.3 Å². The van der Waals surface area contributed by atoms with Gasteiger partial charge in [0.05, 0.1) is 5.69 Å². The van der Waals surface area contributed by atoms with E-state index >= 15 is 0 Å². The number of halogens is 1. The molecule has 0 bridgehead atoms. The number of rotatable bonds is 5. The molecule has 158 valence electrons. The second-order valence-corrected chi connectivity index (χ2v) is 7.99. The lowest BCUT2D eigenvalue weighted by Gasteiger charge is -2.15. The van der Waals surface area contributed by atoms with Crippen molar-refractivity contribution >= 4 is 11.7 Å². The van der Waals surface area contributed by atoms with Gasteiger partial charge in [0.25, 0.3) is 0 Å². The number of hydrogen-bond donors (Lipinski definition) is 2. The third kappa shape index (κ3) is 3.34. The van der Waals surface area contributed by atoms with Gasteiger partial charge < -0.3 is 10.6 Å². The molecule has 2 heterocycles. The summed E-state index contributed by atoms with van der Waals surface area (Å²) in [7, 11) is 1.81. The fourth-order valence-corrected chi connectivity index (χ4v) is 4.01. The van der Waals surface area contributed by atoms with Gasteiger partial charge in [0, 0.05) is 18.5 Å². The van der Waals surface area contributed by atoms with Gasteiger partial charge in [-0.15, -0.1) is 5.10 Å². The molecule has 2 amide bonds. The van der Waals surface area contributed by atoms with Crippen molar-refractivity contribution in [1.29, 1.82) is 0 Å². The highest BCUT2D eigenvalue weighted by atomic mass is 19.1. The largest absolute Gasteiger partial charge is 0.334 e. The first kappa shape index (κ1) is 20.1. The van der Waals surface area contributed by atoms with Gasteiger partial charge in [0.15, 0.2) is 5.82 Å². The van der Waals surface area contributed by atoms with Crippen LogP contribution in [0.2, 0.25) is 0 Å². The van der Waals surface area contributed by atoms with Crippen LogP contribution in [0.4, 0.5) is 14.9 Å². The monoisotopic (exact) mass is 411 g/mol. The van der Waals surface area contributed by atoms with E-state index in [1.54, 1.807) is 21.5 Å². The predicted octanol–water partition coefficient (Wildman–Crippen LogP) is 3.17. The van der Waals surface area contributed by atoms with Gasteiger partial charge in [-0.25, -0.2) is 18.9 Å². The molecule has 0 spiro atoms. The standard InChI is InChI=1S/C21H26FN7O/c1-6-16-18(19(28(5)27-16)29-13(3)23-12(2)26-29)25-20(30)24-17-11-21(17,4)14-9-7-8-10-15(14)22/h7-10,17H,6,11H2,1-5H3,(H2,24,25,30). The molecule has 1 aromatic carbocycles. The maximum atomic E-state index is 14.2. The summed E-state index contributed by atoms with van der Waals surface area (Å²) < 4.78 is 17.6. The maximum absolute atomic E-state index is 14.2. The second-order valence-electron chi connectivity index (χ2n) is 7.99. The van der Waals surface area contributed by atoms with Crippen LogP contribution in [0.1, 0.15) is 43.2 Å². The Bertz CT molecular complexity index is 1120. The van der Waals surface area contributed by atoms with Crippen LogP contribution in [-0.4, -0.2) is 36.6 Å². The Morgan fingerprint density at radius 3 is 2.67 bits per heavy atom. The number of nitrogens with one attached hydrogen (secondary N) is 2. The van der Waals surface area contributed by atoms with Gasteiger partial charge in [-0.1, -0.05) is 32.0 Å². The molecule has 4 rings (SSSR count). The number of aryl methyl sites for hydroxylation is 4. The lowest BCUT2D eigenvalue weighted by atomic mass is 9.97. The topological polar surface area (TPSA) is 89.7 Å². The first-order valence-electron chi connectivity index (χ1n) is 10.0. The summed E-state index contributed by atoms with van der Waals surface area (Å²) in [5.74, 6) is 1.74. The molecule has 1 aliphatic carbocycles. The highest BCUT2D eigenvalue weighted by molar-refractivity contribution is 5.92. The first-order chi connectivity index (χ1) is 14.2. The van der Waals surface area contributed by atoms with Gasteiger partial charge in [-0.2, -0.15) is 9.78 Å². The van der Waals surface area contributed by atoms with Crippen LogP contribution in [0.5, 0.6) is 0 Å². The summed E-state index contributed by atoms with van der Waals surface area (Å²) in [6.07, 6.45) is 1.33. The van der Waals surface area contributed by atoms with Crippen molar-refractivity contribution < 1.29 is 9.18 Å². The van der Waals surface area contributed by atoms with Gasteiger partial charge in [0.1, 0.15) is 23.2 Å². The minimum Gasteiger partial charge on any atom is -0.334 e. The maximum Gasteiger partial charge on any atom is 0.319 e. The third-order valence-electron chi connectivity index (χ3n) is 5.77. The van der Waals surface area contributed by atoms with E-state index in [-0.39, 0.29) is 17.9 Å². The molecule has 0 aliphatic heterocycles. The molecule has 9 heteroatoms. The van der Waals surface area contributed by atoms with Gasteiger partial charge >= 0.3 is 6.03 Å². The van der Waals surface area contributed by atoms with Crippen molar-refractivity contribution in [2.75, 3.05) is 5.32 Å². The number of amides is 2. The van der Waals surface area contributed by atoms with Crippen molar-refractivity contribution in [2.45, 2.75) is 52.0 Å². The van der Waals surface area contributed by atoms with Gasteiger partial charge in [0.2, 0.25) is 0 Å². The molecular formula is C21H26FN7O. The molecule has 1 aliphatic rings. The first-order valence-corrected chi connectivity index (χ1v) is 10.0. The van der Waals surface area contributed by atoms with Crippen LogP contribution >= 0.6 is 0 Å². The Balaban J connectivity index is 1.56. The zero-order chi connectivity index (χ0) is 21.6. The summed E-state index contributed by atoms with van der Waals surface area (Å²) in [6.45, 7) is 7.61. The number of benzene rings is 1. The SMILES string of the molecule is CCc1nn(C)c(-n2nc(C)nc2C)c1NC(=O)NC1CC1(C)c1ccccc1F. The zero-order valence-corrected chi connectivity index (χ0v) is 17.8. The zero-order valence-electron chi connectivity index (χ0n) is 17.8. The predicted molar refractivity (Wildman–Crippen MR) is 111 cm³/mol. The number of carbonyl (C=O) groups is 1. The minimum absolute atomic E-state index is 0.144. The van der Waals surface area contributed by atoms with E-state index in [1.807, 2.05) is 40.8 Å². The summed E-state index contributed by atoms with van der Waals surface area (Å²) in [4.78, 5) is 17.2. The van der Waals surface area contributed by atoms with E-state index in [1.165, 1.54) is 6.07 Å². The molecule has 3 aromatic rings. The molecular weight excluding hydrogens is 385 g/mol. The van der Waals surface area contributed by atoms with E-state index in [0.717, 1.165) is 5.69 Å². The van der Waals surface area contributed by atoms with E-state index in [9.17, 15) is 9.18 Å². The lowest BCUT2D eigenvalue weighted by Crippen LogP contribution is -2.34. The molecule has 0 saturated heterocycles. The normalized spacial score (nSPS) is 20.3. The minimum atomic E-state index is -0.409. The molecule has 2 N–H and O–H groups in total. The fraction of sp³-hybridized carbons (Fsp3) is 0.429. The lowest BCUT2D eigenvalue weighted by molar-refractivity contribution is 0.251. The highest BCUT2D eigenvalue weighted by Gasteiger charge is 2.53. The Hall–Kier alpha value is -3.23. The average molecular weight is 411 g/mol. The third-order valence-corrected chi connectivity index (χ3v) is 5.77. The van der Waals surface area contributed by atoms with Crippen LogP contribution in [0, 0.1) is 19.7 Å². The summed E-state index contributed by atoms with van der Waals surface area (Å²) in [6, 6.07) is 6.22. The Kier molecular flexibility index (Phi) is 4.83. The van der Waals surface area contributed by atoms with E-state index in [0.29, 0.717) is 41.6 Å². The summed E-state index contributed by atoms with van der Waals surface area (Å²) in [5.41, 5.74) is 1.56. The molecule has 8 nitrogen and oxygen atoms in total. The number of urea groups is 1. The van der Waals surface area contributed by atoms with Crippen LogP contribution in [0.25, 0.3) is 5.82 Å². The number of nitrogens with zero attached hydrogens (tertiary/aromatic N) is 5. The molecule has 2 aromatic heterocycles. The summed E-state index contributed by atoms with van der Waals surface area (Å²) in [5, 5.41) is 14.9. The van der Waals surface area contributed by atoms with Crippen molar-refractivity contribution in [3.8, 4) is 5.82 Å². The number of hydrogen-bond acceptors (Lipinski definition) is 4. The molecule has 30 heavy (non-hydrogen) atoms. The summed E-state index contributed by atoms with van der Waals surface area (Å²) >= 11 is 0.